The smallest absolute Gasteiger partial charge is 0.270 e. The van der Waals surface area contributed by atoms with Crippen LogP contribution in [-0.4, -0.2) is 30.8 Å². The van der Waals surface area contributed by atoms with Crippen molar-refractivity contribution in [2.45, 2.75) is 64.0 Å². The van der Waals surface area contributed by atoms with Gasteiger partial charge in [-0.25, -0.2) is 0 Å². The van der Waals surface area contributed by atoms with Gasteiger partial charge in [-0.2, -0.15) is 10.1 Å². The molecule has 3 heterocycles. The fraction of sp³-hybridized carbons (Fsp3) is 0.500. The van der Waals surface area contributed by atoms with Crippen LogP contribution in [0.5, 0.6) is 0 Å². The van der Waals surface area contributed by atoms with Crippen molar-refractivity contribution >= 4 is 5.91 Å². The number of amides is 1. The van der Waals surface area contributed by atoms with Gasteiger partial charge >= 0.3 is 0 Å². The molecule has 30 heavy (non-hydrogen) atoms. The molecule has 0 aromatic carbocycles. The molecule has 0 spiro atoms. The summed E-state index contributed by atoms with van der Waals surface area (Å²) >= 11 is 0. The lowest BCUT2D eigenvalue weighted by Crippen LogP contribution is -2.29. The van der Waals surface area contributed by atoms with Crippen LogP contribution in [0.25, 0.3) is 11.4 Å². The van der Waals surface area contributed by atoms with Gasteiger partial charge in [-0.1, -0.05) is 18.0 Å². The van der Waals surface area contributed by atoms with Gasteiger partial charge in [-0.15, -0.1) is 0 Å². The summed E-state index contributed by atoms with van der Waals surface area (Å²) in [5.41, 5.74) is 2.55. The molecule has 156 valence electrons. The second-order valence-corrected chi connectivity index (χ2v) is 8.44. The number of hydrogen-bond acceptors (Lipinski definition) is 6. The van der Waals surface area contributed by atoms with E-state index >= 15 is 0 Å². The van der Waals surface area contributed by atoms with Crippen LogP contribution < -0.4 is 5.32 Å². The van der Waals surface area contributed by atoms with E-state index in [0.717, 1.165) is 17.8 Å². The third-order valence-electron chi connectivity index (χ3n) is 6.05. The van der Waals surface area contributed by atoms with Crippen molar-refractivity contribution in [2.24, 2.45) is 5.92 Å². The third-order valence-corrected chi connectivity index (χ3v) is 6.05. The van der Waals surface area contributed by atoms with Crippen LogP contribution in [0.4, 0.5) is 0 Å². The van der Waals surface area contributed by atoms with Crippen LogP contribution in [0, 0.1) is 5.92 Å². The molecule has 0 radical (unpaired) electrons. The molecule has 1 N–H and O–H groups in total. The van der Waals surface area contributed by atoms with Gasteiger partial charge in [-0.05, 0) is 56.7 Å². The summed E-state index contributed by atoms with van der Waals surface area (Å²) in [5.74, 6) is 1.88. The summed E-state index contributed by atoms with van der Waals surface area (Å²) in [7, 11) is 0. The normalized spacial score (nSPS) is 17.9. The zero-order valence-corrected chi connectivity index (χ0v) is 17.1. The predicted octanol–water partition coefficient (Wildman–Crippen LogP) is 3.89. The highest BCUT2D eigenvalue weighted by atomic mass is 16.5. The molecule has 0 aliphatic heterocycles. The Balaban J connectivity index is 1.27. The van der Waals surface area contributed by atoms with E-state index in [1.807, 2.05) is 19.2 Å². The lowest BCUT2D eigenvalue weighted by molar-refractivity contribution is 0.0921. The van der Waals surface area contributed by atoms with Crippen molar-refractivity contribution in [3.05, 3.63) is 47.9 Å². The Bertz CT molecular complexity index is 1030. The number of hydrogen-bond donors (Lipinski definition) is 1. The van der Waals surface area contributed by atoms with E-state index in [0.29, 0.717) is 29.2 Å². The molecular weight excluding hydrogens is 380 g/mol. The number of carbonyl (C=O) groups excluding carboxylic acids is 1. The van der Waals surface area contributed by atoms with Crippen LogP contribution in [0.15, 0.2) is 35.1 Å². The molecule has 2 fully saturated rings. The maximum absolute atomic E-state index is 12.7. The molecular formula is C22H26N6O2. The predicted molar refractivity (Wildman–Crippen MR) is 110 cm³/mol. The fourth-order valence-electron chi connectivity index (χ4n) is 4.11. The van der Waals surface area contributed by atoms with E-state index in [1.54, 1.807) is 16.9 Å². The van der Waals surface area contributed by atoms with E-state index < -0.39 is 6.04 Å². The molecule has 3 aromatic heterocycles. The maximum Gasteiger partial charge on any atom is 0.270 e. The highest BCUT2D eigenvalue weighted by Crippen LogP contribution is 2.34. The van der Waals surface area contributed by atoms with Crippen molar-refractivity contribution < 1.29 is 9.32 Å². The number of pyridine rings is 1. The average molecular weight is 406 g/mol. The molecule has 0 unspecified atom stereocenters. The van der Waals surface area contributed by atoms with Crippen LogP contribution in [0.3, 0.4) is 0 Å². The molecule has 2 aliphatic carbocycles. The quantitative estimate of drug-likeness (QED) is 0.639. The SMILES string of the molecule is C[C@H](NC(=O)c1ccnn1CC1CC1)c1nc(-c2ccnc(C3CCCC3)c2)no1. The van der Waals surface area contributed by atoms with Crippen molar-refractivity contribution in [3.63, 3.8) is 0 Å². The molecule has 8 heteroatoms. The average Bonchev–Trinajstić information content (AvgIpc) is 3.20. The van der Waals surface area contributed by atoms with Gasteiger partial charge in [0.2, 0.25) is 11.7 Å². The number of carbonyl (C=O) groups is 1. The van der Waals surface area contributed by atoms with Crippen LogP contribution in [0.2, 0.25) is 0 Å². The Morgan fingerprint density at radius 3 is 2.87 bits per heavy atom. The number of nitrogens with zero attached hydrogens (tertiary/aromatic N) is 5. The molecule has 2 aliphatic rings. The van der Waals surface area contributed by atoms with Gasteiger partial charge in [0.25, 0.3) is 5.91 Å². The lowest BCUT2D eigenvalue weighted by Gasteiger charge is -2.11. The maximum atomic E-state index is 12.7. The first kappa shape index (κ1) is 19.0. The first-order valence-electron chi connectivity index (χ1n) is 10.8. The Morgan fingerprint density at radius 2 is 2.07 bits per heavy atom. The summed E-state index contributed by atoms with van der Waals surface area (Å²) < 4.78 is 7.23. The van der Waals surface area contributed by atoms with E-state index in [-0.39, 0.29) is 5.91 Å². The van der Waals surface area contributed by atoms with E-state index in [4.69, 9.17) is 4.52 Å². The lowest BCUT2D eigenvalue weighted by atomic mass is 10.0. The Kier molecular flexibility index (Phi) is 5.06. The first-order valence-corrected chi connectivity index (χ1v) is 10.8. The van der Waals surface area contributed by atoms with E-state index in [1.165, 1.54) is 38.5 Å². The highest BCUT2D eigenvalue weighted by molar-refractivity contribution is 5.92. The second kappa shape index (κ2) is 8.01. The van der Waals surface area contributed by atoms with Crippen LogP contribution in [0.1, 0.15) is 79.5 Å². The third kappa shape index (κ3) is 3.99. The number of nitrogens with one attached hydrogen (secondary N) is 1. The van der Waals surface area contributed by atoms with Crippen molar-refractivity contribution in [3.8, 4) is 11.4 Å². The van der Waals surface area contributed by atoms with Gasteiger partial charge in [-0.3, -0.25) is 14.5 Å². The summed E-state index contributed by atoms with van der Waals surface area (Å²) in [5, 5.41) is 11.4. The minimum atomic E-state index is -0.404. The minimum absolute atomic E-state index is 0.187. The van der Waals surface area contributed by atoms with Gasteiger partial charge in [0.05, 0.1) is 0 Å². The monoisotopic (exact) mass is 406 g/mol. The van der Waals surface area contributed by atoms with Crippen LogP contribution in [-0.2, 0) is 6.54 Å². The summed E-state index contributed by atoms with van der Waals surface area (Å²) in [6.07, 6.45) is 10.8. The Morgan fingerprint density at radius 1 is 1.23 bits per heavy atom. The summed E-state index contributed by atoms with van der Waals surface area (Å²) in [6, 6.07) is 5.29. The van der Waals surface area contributed by atoms with Gasteiger partial charge in [0.15, 0.2) is 0 Å². The molecule has 3 aromatic rings. The van der Waals surface area contributed by atoms with Gasteiger partial charge in [0.1, 0.15) is 11.7 Å². The fourth-order valence-corrected chi connectivity index (χ4v) is 4.11. The topological polar surface area (TPSA) is 98.7 Å². The van der Waals surface area contributed by atoms with E-state index in [2.05, 4.69) is 31.6 Å². The molecule has 0 saturated heterocycles. The summed E-state index contributed by atoms with van der Waals surface area (Å²) in [4.78, 5) is 21.8. The van der Waals surface area contributed by atoms with Crippen LogP contribution >= 0.6 is 0 Å². The van der Waals surface area contributed by atoms with Crippen molar-refractivity contribution in [2.75, 3.05) is 0 Å². The second-order valence-electron chi connectivity index (χ2n) is 8.44. The Hall–Kier alpha value is -3.03. The van der Waals surface area contributed by atoms with Gasteiger partial charge in [0, 0.05) is 36.1 Å². The largest absolute Gasteiger partial charge is 0.339 e. The number of aromatic nitrogens is 5. The minimum Gasteiger partial charge on any atom is -0.339 e. The van der Waals surface area contributed by atoms with Crippen molar-refractivity contribution in [1.82, 2.24) is 30.2 Å². The molecule has 1 atom stereocenters. The zero-order valence-electron chi connectivity index (χ0n) is 17.1. The Labute approximate surface area is 175 Å². The molecule has 5 rings (SSSR count). The van der Waals surface area contributed by atoms with E-state index in [9.17, 15) is 4.79 Å². The molecule has 8 nitrogen and oxygen atoms in total. The standard InChI is InChI=1S/C22H26N6O2/c1-14(25-21(29)19-9-11-24-28(19)13-15-6-7-15)22-26-20(27-30-22)17-8-10-23-18(12-17)16-4-2-3-5-16/h8-12,14-16H,2-7,13H2,1H3,(H,25,29)/t14-/m0/s1. The zero-order chi connectivity index (χ0) is 20.5. The first-order chi connectivity index (χ1) is 14.7. The van der Waals surface area contributed by atoms with Crippen molar-refractivity contribution in [1.29, 1.82) is 0 Å². The molecule has 1 amide bonds. The molecule has 0 bridgehead atoms. The van der Waals surface area contributed by atoms with Gasteiger partial charge < -0.3 is 9.84 Å². The summed E-state index contributed by atoms with van der Waals surface area (Å²) in [6.45, 7) is 2.63. The molecule has 2 saturated carbocycles. The highest BCUT2D eigenvalue weighted by Gasteiger charge is 2.26. The number of rotatable bonds is 7.